The fourth-order valence-electron chi connectivity index (χ4n) is 7.61. The molecule has 0 rings (SSSR count). The van der Waals surface area contributed by atoms with Gasteiger partial charge in [0.05, 0.1) is 34.4 Å². The second kappa shape index (κ2) is 46.6. The van der Waals surface area contributed by atoms with E-state index in [1.54, 1.807) is 0 Å². The van der Waals surface area contributed by atoms with Crippen LogP contribution in [0.15, 0.2) is 60.8 Å². The Kier molecular flexibility index (Phi) is 44.4. The van der Waals surface area contributed by atoms with Gasteiger partial charge in [-0.05, 0) is 77.0 Å². The van der Waals surface area contributed by atoms with Crippen molar-refractivity contribution in [1.29, 1.82) is 0 Å². The molecule has 370 valence electrons. The average molecular weight is 899 g/mol. The molecule has 1 N–H and O–H groups in total. The standard InChI is InChI=1S/C56H99NO7/c1-6-8-10-12-14-16-18-20-22-24-25-26-27-28-29-31-33-35-37-39-41-43-45-47-55(59)64-52(50-62-49-48-53(56(60)61)57(3,4)5)51-63-54(58)46-44-42-40-38-36-34-32-30-23-21-19-17-15-13-11-9-7-2/h8,10,14,16,20-23,25-26,52-53H,6-7,9,11-13,15,17-19,24,27-51H2,1-5H3/p+1/b10-8+,16-14+,22-20+,23-21+,26-25+. The molecule has 8 heteroatoms. The van der Waals surface area contributed by atoms with Crippen molar-refractivity contribution in [3.8, 4) is 0 Å². The van der Waals surface area contributed by atoms with Crippen molar-refractivity contribution in [2.24, 2.45) is 0 Å². The van der Waals surface area contributed by atoms with Crippen molar-refractivity contribution in [1.82, 2.24) is 0 Å². The minimum atomic E-state index is -0.876. The highest BCUT2D eigenvalue weighted by Crippen LogP contribution is 2.15. The summed E-state index contributed by atoms with van der Waals surface area (Å²) in [5, 5.41) is 9.66. The Morgan fingerprint density at radius 1 is 0.484 bits per heavy atom. The number of nitrogens with zero attached hydrogens (tertiary/aromatic N) is 1. The fraction of sp³-hybridized carbons (Fsp3) is 0.768. The Morgan fingerprint density at radius 3 is 1.31 bits per heavy atom. The van der Waals surface area contributed by atoms with E-state index in [-0.39, 0.29) is 36.2 Å². The third-order valence-corrected chi connectivity index (χ3v) is 11.7. The molecule has 0 amide bonds. The van der Waals surface area contributed by atoms with Crippen LogP contribution in [0.5, 0.6) is 0 Å². The largest absolute Gasteiger partial charge is 0.477 e. The van der Waals surface area contributed by atoms with E-state index in [0.29, 0.717) is 19.3 Å². The van der Waals surface area contributed by atoms with Crippen LogP contribution in [-0.4, -0.2) is 80.6 Å². The van der Waals surface area contributed by atoms with Gasteiger partial charge in [-0.2, -0.15) is 0 Å². The van der Waals surface area contributed by atoms with Crippen LogP contribution in [0.25, 0.3) is 0 Å². The third-order valence-electron chi connectivity index (χ3n) is 11.7. The van der Waals surface area contributed by atoms with Gasteiger partial charge in [0.1, 0.15) is 6.61 Å². The number of allylic oxidation sites excluding steroid dienone is 10. The fourth-order valence-corrected chi connectivity index (χ4v) is 7.61. The maximum absolute atomic E-state index is 12.8. The molecule has 64 heavy (non-hydrogen) atoms. The second-order valence-corrected chi connectivity index (χ2v) is 18.7. The summed E-state index contributed by atoms with van der Waals surface area (Å²) in [5.74, 6) is -1.47. The number of hydrogen-bond acceptors (Lipinski definition) is 6. The van der Waals surface area contributed by atoms with Gasteiger partial charge in [-0.25, -0.2) is 4.79 Å². The lowest BCUT2D eigenvalue weighted by Gasteiger charge is -2.31. The summed E-state index contributed by atoms with van der Waals surface area (Å²) in [4.78, 5) is 37.2. The molecule has 0 heterocycles. The van der Waals surface area contributed by atoms with E-state index in [2.05, 4.69) is 74.6 Å². The van der Waals surface area contributed by atoms with Gasteiger partial charge in [-0.3, -0.25) is 9.59 Å². The predicted molar refractivity (Wildman–Crippen MR) is 271 cm³/mol. The van der Waals surface area contributed by atoms with Gasteiger partial charge in [-0.15, -0.1) is 0 Å². The highest BCUT2D eigenvalue weighted by atomic mass is 16.6. The van der Waals surface area contributed by atoms with E-state index in [4.69, 9.17) is 14.2 Å². The first-order chi connectivity index (χ1) is 31.1. The molecule has 0 bridgehead atoms. The van der Waals surface area contributed by atoms with Gasteiger partial charge in [0.2, 0.25) is 0 Å². The molecular formula is C56H100NO7+. The van der Waals surface area contributed by atoms with E-state index in [9.17, 15) is 19.5 Å². The smallest absolute Gasteiger partial charge is 0.362 e. The van der Waals surface area contributed by atoms with Crippen LogP contribution < -0.4 is 0 Å². The third kappa shape index (κ3) is 44.2. The number of carbonyl (C=O) groups is 3. The van der Waals surface area contributed by atoms with Crippen LogP contribution in [0.3, 0.4) is 0 Å². The maximum atomic E-state index is 12.8. The summed E-state index contributed by atoms with van der Waals surface area (Å²) in [6.07, 6.45) is 58.4. The Balaban J connectivity index is 4.23. The number of rotatable bonds is 47. The van der Waals surface area contributed by atoms with Crippen LogP contribution >= 0.6 is 0 Å². The molecule has 2 atom stereocenters. The van der Waals surface area contributed by atoms with Gasteiger partial charge in [0.15, 0.2) is 12.1 Å². The first kappa shape index (κ1) is 61.0. The summed E-state index contributed by atoms with van der Waals surface area (Å²) < 4.78 is 17.4. The number of carboxylic acid groups (broad SMARTS) is 1. The van der Waals surface area contributed by atoms with Gasteiger partial charge < -0.3 is 23.8 Å². The van der Waals surface area contributed by atoms with Gasteiger partial charge in [0.25, 0.3) is 0 Å². The van der Waals surface area contributed by atoms with E-state index < -0.39 is 18.1 Å². The van der Waals surface area contributed by atoms with Crippen LogP contribution in [0.2, 0.25) is 0 Å². The van der Waals surface area contributed by atoms with E-state index in [0.717, 1.165) is 64.2 Å². The molecule has 8 nitrogen and oxygen atoms in total. The molecule has 0 aliphatic rings. The zero-order valence-electron chi connectivity index (χ0n) is 42.2. The Morgan fingerprint density at radius 2 is 0.875 bits per heavy atom. The van der Waals surface area contributed by atoms with Gasteiger partial charge in [0, 0.05) is 19.3 Å². The monoisotopic (exact) mass is 899 g/mol. The highest BCUT2D eigenvalue weighted by molar-refractivity contribution is 5.72. The molecule has 2 unspecified atom stereocenters. The summed E-state index contributed by atoms with van der Waals surface area (Å²) in [7, 11) is 5.53. The molecule has 0 aromatic heterocycles. The Labute approximate surface area is 394 Å². The lowest BCUT2D eigenvalue weighted by atomic mass is 10.0. The first-order valence-corrected chi connectivity index (χ1v) is 26.3. The number of unbranched alkanes of at least 4 members (excludes halogenated alkanes) is 23. The number of hydrogen-bond donors (Lipinski definition) is 1. The summed E-state index contributed by atoms with van der Waals surface area (Å²) in [6.45, 7) is 4.63. The average Bonchev–Trinajstić information content (AvgIpc) is 3.26. The van der Waals surface area contributed by atoms with Gasteiger partial charge in [-0.1, -0.05) is 190 Å². The molecule has 0 aromatic rings. The van der Waals surface area contributed by atoms with Crippen molar-refractivity contribution >= 4 is 17.9 Å². The molecule has 0 saturated carbocycles. The second-order valence-electron chi connectivity index (χ2n) is 18.7. The highest BCUT2D eigenvalue weighted by Gasteiger charge is 2.31. The normalized spacial score (nSPS) is 13.3. The summed E-state index contributed by atoms with van der Waals surface area (Å²) >= 11 is 0. The minimum Gasteiger partial charge on any atom is -0.477 e. The van der Waals surface area contributed by atoms with Crippen molar-refractivity contribution in [3.63, 3.8) is 0 Å². The number of likely N-dealkylation sites (N-methyl/N-ethyl adjacent to an activating group) is 1. The first-order valence-electron chi connectivity index (χ1n) is 26.3. The number of ether oxygens (including phenoxy) is 3. The summed E-state index contributed by atoms with van der Waals surface area (Å²) in [5.41, 5.74) is 0. The molecule has 0 aliphatic carbocycles. The van der Waals surface area contributed by atoms with Crippen LogP contribution in [0.1, 0.15) is 226 Å². The van der Waals surface area contributed by atoms with Crippen molar-refractivity contribution in [2.75, 3.05) is 41.0 Å². The molecule has 0 aromatic carbocycles. The minimum absolute atomic E-state index is 0.0555. The van der Waals surface area contributed by atoms with Crippen LogP contribution in [0, 0.1) is 0 Å². The van der Waals surface area contributed by atoms with Crippen molar-refractivity contribution < 1.29 is 38.2 Å². The van der Waals surface area contributed by atoms with Crippen LogP contribution in [-0.2, 0) is 28.6 Å². The number of quaternary nitrogens is 1. The molecule has 0 spiro atoms. The lowest BCUT2D eigenvalue weighted by molar-refractivity contribution is -0.887. The molecule has 0 saturated heterocycles. The van der Waals surface area contributed by atoms with Crippen LogP contribution in [0.4, 0.5) is 0 Å². The number of aliphatic carboxylic acids is 1. The molecular weight excluding hydrogens is 799 g/mol. The Hall–Kier alpha value is -2.97. The number of carboxylic acids is 1. The topological polar surface area (TPSA) is 99.1 Å². The van der Waals surface area contributed by atoms with Crippen molar-refractivity contribution in [2.45, 2.75) is 238 Å². The SMILES string of the molecule is CC/C=C/C/C=C/C/C=C/C/C=C/CCCCCCCCCCCCC(=O)OC(COCCC(C(=O)O)[N+](C)(C)C)COC(=O)CCCCCCCCC/C=C/CCCCCCCC. The zero-order chi connectivity index (χ0) is 47.0. The van der Waals surface area contributed by atoms with E-state index >= 15 is 0 Å². The Bertz CT molecular complexity index is 1230. The van der Waals surface area contributed by atoms with E-state index in [1.165, 1.54) is 128 Å². The molecule has 0 fully saturated rings. The van der Waals surface area contributed by atoms with Crippen molar-refractivity contribution in [3.05, 3.63) is 60.8 Å². The van der Waals surface area contributed by atoms with Gasteiger partial charge >= 0.3 is 17.9 Å². The molecule has 0 aliphatic heterocycles. The number of esters is 2. The maximum Gasteiger partial charge on any atom is 0.362 e. The predicted octanol–water partition coefficient (Wildman–Crippen LogP) is 15.3. The number of carbonyl (C=O) groups excluding carboxylic acids is 2. The summed E-state index contributed by atoms with van der Waals surface area (Å²) in [6, 6.07) is -0.618. The van der Waals surface area contributed by atoms with E-state index in [1.807, 2.05) is 21.1 Å². The lowest BCUT2D eigenvalue weighted by Crippen LogP contribution is -2.50. The molecule has 0 radical (unpaired) electrons. The zero-order valence-corrected chi connectivity index (χ0v) is 42.2. The quantitative estimate of drug-likeness (QED) is 0.0281.